The summed E-state index contributed by atoms with van der Waals surface area (Å²) in [5, 5.41) is 11.3. The summed E-state index contributed by atoms with van der Waals surface area (Å²) in [7, 11) is 1.90. The van der Waals surface area contributed by atoms with Crippen LogP contribution in [0.25, 0.3) is 33.0 Å². The third-order valence-electron chi connectivity index (χ3n) is 7.81. The topological polar surface area (TPSA) is 116 Å². The second kappa shape index (κ2) is 13.3. The van der Waals surface area contributed by atoms with Gasteiger partial charge in [-0.05, 0) is 54.6 Å². The number of halogens is 1. The van der Waals surface area contributed by atoms with Crippen LogP contribution in [-0.4, -0.2) is 53.4 Å². The molecule has 0 saturated heterocycles. The zero-order chi connectivity index (χ0) is 32.3. The molecule has 0 saturated carbocycles. The van der Waals surface area contributed by atoms with Crippen molar-refractivity contribution >= 4 is 33.5 Å². The highest BCUT2D eigenvalue weighted by Crippen LogP contribution is 2.40. The SMILES string of the molecule is CN(CCO)Cc1cc(Cl)c(Oc2ncnc3c(-c4ccc5c(c4)OCCO5)cccc23)cc1OCc1ccc2ccc(=O)oc2c1. The molecule has 47 heavy (non-hydrogen) atoms. The molecule has 1 N–H and O–H groups in total. The minimum absolute atomic E-state index is 0.0128. The summed E-state index contributed by atoms with van der Waals surface area (Å²) < 4.78 is 29.5. The van der Waals surface area contributed by atoms with E-state index in [1.54, 1.807) is 24.3 Å². The zero-order valence-corrected chi connectivity index (χ0v) is 26.2. The van der Waals surface area contributed by atoms with Crippen molar-refractivity contribution in [3.63, 3.8) is 0 Å². The molecule has 0 spiro atoms. The van der Waals surface area contributed by atoms with Gasteiger partial charge in [0, 0.05) is 41.7 Å². The van der Waals surface area contributed by atoms with E-state index in [1.807, 2.05) is 60.5 Å². The standard InChI is InChI=1S/C36H30ClN3O7/c1-40(11-12-41)19-25-16-28(37)32(18-30(25)45-20-22-5-6-23-8-10-34(42)46-31(23)15-22)47-36-27-4-2-3-26(35(27)38-21-39-36)24-7-9-29-33(17-24)44-14-13-43-29/h2-10,15-18,21,41H,11-14,19-20H2,1H3. The lowest BCUT2D eigenvalue weighted by molar-refractivity contribution is 0.171. The number of aliphatic hydroxyl groups is 1. The Bertz CT molecular complexity index is 2150. The number of fused-ring (bicyclic) bond motifs is 3. The van der Waals surface area contributed by atoms with Crippen LogP contribution in [0, 0.1) is 0 Å². The van der Waals surface area contributed by atoms with Crippen LogP contribution in [0.5, 0.6) is 28.9 Å². The van der Waals surface area contributed by atoms with Gasteiger partial charge in [0.2, 0.25) is 5.88 Å². The minimum Gasteiger partial charge on any atom is -0.488 e. The molecule has 0 radical (unpaired) electrons. The van der Waals surface area contributed by atoms with Gasteiger partial charge in [-0.25, -0.2) is 14.8 Å². The van der Waals surface area contributed by atoms with E-state index in [-0.39, 0.29) is 13.2 Å². The monoisotopic (exact) mass is 651 g/mol. The second-order valence-corrected chi connectivity index (χ2v) is 11.5. The van der Waals surface area contributed by atoms with Crippen molar-refractivity contribution in [1.82, 2.24) is 14.9 Å². The Balaban J connectivity index is 1.21. The van der Waals surface area contributed by atoms with Crippen molar-refractivity contribution in [2.45, 2.75) is 13.2 Å². The maximum absolute atomic E-state index is 11.8. The number of likely N-dealkylation sites (N-methyl/N-ethyl adjacent to an activating group) is 1. The number of hydrogen-bond acceptors (Lipinski definition) is 10. The molecule has 0 unspecified atom stereocenters. The average molecular weight is 652 g/mol. The van der Waals surface area contributed by atoms with Crippen LogP contribution in [0.2, 0.25) is 5.02 Å². The van der Waals surface area contributed by atoms with Crippen LogP contribution >= 0.6 is 11.6 Å². The number of aromatic nitrogens is 2. The molecule has 238 valence electrons. The third kappa shape index (κ3) is 6.57. The number of nitrogens with zero attached hydrogens (tertiary/aromatic N) is 3. The van der Waals surface area contributed by atoms with Crippen LogP contribution in [0.15, 0.2) is 94.4 Å². The Morgan fingerprint density at radius 2 is 1.79 bits per heavy atom. The van der Waals surface area contributed by atoms with E-state index in [9.17, 15) is 9.90 Å². The van der Waals surface area contributed by atoms with Crippen LogP contribution in [-0.2, 0) is 13.2 Å². The molecule has 10 nitrogen and oxygen atoms in total. The second-order valence-electron chi connectivity index (χ2n) is 11.1. The summed E-state index contributed by atoms with van der Waals surface area (Å²) in [6.07, 6.45) is 1.46. The molecule has 4 aromatic carbocycles. The fraction of sp³-hybridized carbons (Fsp3) is 0.194. The van der Waals surface area contributed by atoms with E-state index in [2.05, 4.69) is 9.97 Å². The number of ether oxygens (including phenoxy) is 4. The summed E-state index contributed by atoms with van der Waals surface area (Å²) in [4.78, 5) is 22.8. The van der Waals surface area contributed by atoms with Gasteiger partial charge in [0.1, 0.15) is 37.5 Å². The Hall–Kier alpha value is -5.16. The highest BCUT2D eigenvalue weighted by atomic mass is 35.5. The summed E-state index contributed by atoms with van der Waals surface area (Å²) >= 11 is 6.80. The normalized spacial score (nSPS) is 12.5. The first-order valence-electron chi connectivity index (χ1n) is 15.0. The molecule has 0 atom stereocenters. The highest BCUT2D eigenvalue weighted by molar-refractivity contribution is 6.32. The lowest BCUT2D eigenvalue weighted by Gasteiger charge is -2.20. The van der Waals surface area contributed by atoms with E-state index in [0.717, 1.165) is 27.6 Å². The molecule has 0 bridgehead atoms. The van der Waals surface area contributed by atoms with Gasteiger partial charge in [0.15, 0.2) is 17.2 Å². The molecule has 0 amide bonds. The van der Waals surface area contributed by atoms with Gasteiger partial charge in [-0.2, -0.15) is 0 Å². The summed E-state index contributed by atoms with van der Waals surface area (Å²) in [5.41, 5.74) is 4.18. The largest absolute Gasteiger partial charge is 0.488 e. The molecule has 2 aromatic heterocycles. The van der Waals surface area contributed by atoms with Gasteiger partial charge < -0.3 is 28.5 Å². The lowest BCUT2D eigenvalue weighted by Crippen LogP contribution is -2.22. The Morgan fingerprint density at radius 1 is 0.936 bits per heavy atom. The molecule has 0 aliphatic carbocycles. The quantitative estimate of drug-likeness (QED) is 0.162. The third-order valence-corrected chi connectivity index (χ3v) is 8.10. The molecule has 7 rings (SSSR count). The van der Waals surface area contributed by atoms with E-state index in [1.165, 1.54) is 12.4 Å². The highest BCUT2D eigenvalue weighted by Gasteiger charge is 2.18. The summed E-state index contributed by atoms with van der Waals surface area (Å²) in [6, 6.07) is 23.9. The van der Waals surface area contributed by atoms with Crippen LogP contribution < -0.4 is 24.6 Å². The molecular weight excluding hydrogens is 622 g/mol. The van der Waals surface area contributed by atoms with E-state index >= 15 is 0 Å². The number of hydrogen-bond donors (Lipinski definition) is 1. The van der Waals surface area contributed by atoms with E-state index < -0.39 is 5.63 Å². The molecule has 0 fully saturated rings. The fourth-order valence-electron chi connectivity index (χ4n) is 5.50. The molecule has 11 heteroatoms. The van der Waals surface area contributed by atoms with Crippen molar-refractivity contribution in [1.29, 1.82) is 0 Å². The van der Waals surface area contributed by atoms with Crippen molar-refractivity contribution in [2.24, 2.45) is 0 Å². The van der Waals surface area contributed by atoms with E-state index in [4.69, 9.17) is 35.0 Å². The Labute approximate surface area is 274 Å². The van der Waals surface area contributed by atoms with Crippen molar-refractivity contribution < 1.29 is 28.5 Å². The maximum Gasteiger partial charge on any atom is 0.336 e. The number of benzene rings is 4. The number of rotatable bonds is 10. The number of para-hydroxylation sites is 1. The molecular formula is C36H30ClN3O7. The fourth-order valence-corrected chi connectivity index (χ4v) is 5.73. The van der Waals surface area contributed by atoms with Crippen molar-refractivity contribution in [2.75, 3.05) is 33.4 Å². The number of aliphatic hydroxyl groups excluding tert-OH is 1. The predicted octanol–water partition coefficient (Wildman–Crippen LogP) is 6.62. The first kappa shape index (κ1) is 30.5. The maximum atomic E-state index is 11.8. The summed E-state index contributed by atoms with van der Waals surface area (Å²) in [5.74, 6) is 2.62. The van der Waals surface area contributed by atoms with Gasteiger partial charge in [0.25, 0.3) is 0 Å². The van der Waals surface area contributed by atoms with Crippen LogP contribution in [0.3, 0.4) is 0 Å². The average Bonchev–Trinajstić information content (AvgIpc) is 3.08. The van der Waals surface area contributed by atoms with Crippen molar-refractivity contribution in [3.05, 3.63) is 112 Å². The zero-order valence-electron chi connectivity index (χ0n) is 25.4. The first-order valence-corrected chi connectivity index (χ1v) is 15.4. The van der Waals surface area contributed by atoms with Crippen LogP contribution in [0.4, 0.5) is 0 Å². The van der Waals surface area contributed by atoms with Gasteiger partial charge in [0.05, 0.1) is 22.5 Å². The Morgan fingerprint density at radius 3 is 2.66 bits per heavy atom. The van der Waals surface area contributed by atoms with Gasteiger partial charge >= 0.3 is 5.63 Å². The van der Waals surface area contributed by atoms with Gasteiger partial charge in [-0.3, -0.25) is 4.90 Å². The smallest absolute Gasteiger partial charge is 0.336 e. The van der Waals surface area contributed by atoms with Crippen molar-refractivity contribution in [3.8, 4) is 40.0 Å². The molecule has 6 aromatic rings. The van der Waals surface area contributed by atoms with Crippen LogP contribution in [0.1, 0.15) is 11.1 Å². The Kier molecular flexibility index (Phi) is 8.62. The van der Waals surface area contributed by atoms with Gasteiger partial charge in [-0.1, -0.05) is 41.9 Å². The predicted molar refractivity (Wildman–Crippen MR) is 178 cm³/mol. The molecule has 1 aliphatic heterocycles. The molecule has 3 heterocycles. The van der Waals surface area contributed by atoms with Gasteiger partial charge in [-0.15, -0.1) is 0 Å². The molecule has 1 aliphatic rings. The van der Waals surface area contributed by atoms with E-state index in [0.29, 0.717) is 76.7 Å². The lowest BCUT2D eigenvalue weighted by atomic mass is 10.0. The minimum atomic E-state index is -0.417. The first-order chi connectivity index (χ1) is 22.9. The summed E-state index contributed by atoms with van der Waals surface area (Å²) in [6.45, 7) is 2.17.